The number of unbranched alkanes of at least 4 members (excludes halogenated alkanes) is 2. The van der Waals surface area contributed by atoms with Crippen LogP contribution in [0.3, 0.4) is 0 Å². The molecule has 2 atom stereocenters. The number of halogens is 7. The number of carbonyl (C=O) groups excluding carboxylic acids is 2. The Bertz CT molecular complexity index is 1570. The molecule has 260 valence electrons. The third-order valence-corrected chi connectivity index (χ3v) is 7.46. The van der Waals surface area contributed by atoms with Gasteiger partial charge in [-0.2, -0.15) is 34.8 Å². The van der Waals surface area contributed by atoms with Crippen molar-refractivity contribution in [2.45, 2.75) is 76.9 Å². The Hall–Kier alpha value is -3.72. The van der Waals surface area contributed by atoms with Gasteiger partial charge < -0.3 is 10.1 Å². The highest BCUT2D eigenvalue weighted by atomic mass is 32.2. The summed E-state index contributed by atoms with van der Waals surface area (Å²) in [6.45, 7) is 9.52. The van der Waals surface area contributed by atoms with Crippen LogP contribution in [0.25, 0.3) is 11.1 Å². The molecular weight excluding hydrogens is 659 g/mol. The van der Waals surface area contributed by atoms with E-state index in [4.69, 9.17) is 8.92 Å². The number of nitrogens with one attached hydrogen (secondary N) is 1. The van der Waals surface area contributed by atoms with Gasteiger partial charge >= 0.3 is 18.3 Å². The maximum atomic E-state index is 15.8. The molecule has 0 spiro atoms. The number of ether oxygens (including phenoxy) is 1. The van der Waals surface area contributed by atoms with Gasteiger partial charge in [0, 0.05) is 12.0 Å². The van der Waals surface area contributed by atoms with E-state index < -0.39 is 75.4 Å². The molecule has 2 aromatic rings. The van der Waals surface area contributed by atoms with Crippen LogP contribution in [-0.2, 0) is 47.4 Å². The van der Waals surface area contributed by atoms with Crippen LogP contribution in [0.15, 0.2) is 49.6 Å². The largest absolute Gasteiger partial charge is 0.466 e. The van der Waals surface area contributed by atoms with Crippen LogP contribution in [0, 0.1) is 12.7 Å². The minimum Gasteiger partial charge on any atom is -0.466 e. The molecule has 0 saturated heterocycles. The lowest BCUT2D eigenvalue weighted by Gasteiger charge is -2.25. The summed E-state index contributed by atoms with van der Waals surface area (Å²) < 4.78 is 133. The summed E-state index contributed by atoms with van der Waals surface area (Å²) in [4.78, 5) is 25.7. The minimum absolute atomic E-state index is 0.0190. The Morgan fingerprint density at radius 1 is 1.00 bits per heavy atom. The lowest BCUT2D eigenvalue weighted by molar-refractivity contribution is -0.144. The zero-order valence-corrected chi connectivity index (χ0v) is 26.8. The third-order valence-electron chi connectivity index (χ3n) is 6.88. The van der Waals surface area contributed by atoms with Gasteiger partial charge in [0.15, 0.2) is 6.10 Å². The summed E-state index contributed by atoms with van der Waals surface area (Å²) in [6, 6.07) is 1.10. The van der Waals surface area contributed by atoms with E-state index in [1.54, 1.807) is 6.08 Å². The van der Waals surface area contributed by atoms with E-state index in [-0.39, 0.29) is 41.7 Å². The van der Waals surface area contributed by atoms with Gasteiger partial charge in [-0.15, -0.1) is 13.2 Å². The summed E-state index contributed by atoms with van der Waals surface area (Å²) >= 11 is 0. The average molecular weight is 696 g/mol. The highest BCUT2D eigenvalue weighted by molar-refractivity contribution is 7.86. The van der Waals surface area contributed by atoms with Crippen LogP contribution < -0.4 is 5.32 Å². The molecule has 0 radical (unpaired) electrons. The van der Waals surface area contributed by atoms with Crippen molar-refractivity contribution in [3.63, 3.8) is 0 Å². The number of hydrogen-bond acceptors (Lipinski definition) is 6. The Morgan fingerprint density at radius 2 is 1.66 bits per heavy atom. The SMILES string of the molecule is C=CCCCCc1cc(C(F)(F)F)cc(C)c1-c1cc([C@H](CC(=O)OCC)NC(=O)[C@@H](CC=C)OS(C)(=O)=O)c(F)c(C(F)(F)F)c1. The Balaban J connectivity index is 2.89. The summed E-state index contributed by atoms with van der Waals surface area (Å²) in [6.07, 6.45) is -8.32. The molecule has 0 saturated carbocycles. The molecule has 0 heterocycles. The Labute approximate surface area is 269 Å². The molecule has 1 amide bonds. The van der Waals surface area contributed by atoms with Crippen molar-refractivity contribution in [2.24, 2.45) is 0 Å². The van der Waals surface area contributed by atoms with E-state index in [1.165, 1.54) is 13.8 Å². The molecule has 0 aliphatic carbocycles. The smallest absolute Gasteiger partial charge is 0.419 e. The predicted octanol–water partition coefficient (Wildman–Crippen LogP) is 7.77. The first-order chi connectivity index (χ1) is 21.7. The quantitative estimate of drug-likeness (QED) is 0.0634. The summed E-state index contributed by atoms with van der Waals surface area (Å²) in [5.74, 6) is -4.14. The molecule has 15 heteroatoms. The van der Waals surface area contributed by atoms with Crippen molar-refractivity contribution in [1.29, 1.82) is 0 Å². The number of alkyl halides is 6. The number of allylic oxidation sites excluding steroid dienone is 1. The Morgan fingerprint density at radius 3 is 2.19 bits per heavy atom. The van der Waals surface area contributed by atoms with Gasteiger partial charge in [0.05, 0.1) is 36.5 Å². The topological polar surface area (TPSA) is 98.8 Å². The van der Waals surface area contributed by atoms with Gasteiger partial charge in [-0.05, 0) is 86.1 Å². The van der Waals surface area contributed by atoms with E-state index in [2.05, 4.69) is 18.5 Å². The van der Waals surface area contributed by atoms with Crippen LogP contribution in [0.5, 0.6) is 0 Å². The van der Waals surface area contributed by atoms with E-state index in [1.807, 2.05) is 0 Å². The molecule has 0 aliphatic rings. The average Bonchev–Trinajstić information content (AvgIpc) is 2.93. The highest BCUT2D eigenvalue weighted by Gasteiger charge is 2.39. The fourth-order valence-electron chi connectivity index (χ4n) is 4.93. The fourth-order valence-corrected chi connectivity index (χ4v) is 5.52. The lowest BCUT2D eigenvalue weighted by Crippen LogP contribution is -2.40. The van der Waals surface area contributed by atoms with Gasteiger partial charge in [-0.25, -0.2) is 4.39 Å². The fraction of sp³-hybridized carbons (Fsp3) is 0.438. The molecule has 2 aromatic carbocycles. The summed E-state index contributed by atoms with van der Waals surface area (Å²) in [5.41, 5.74) is -4.02. The molecule has 0 fully saturated rings. The van der Waals surface area contributed by atoms with E-state index in [9.17, 15) is 44.3 Å². The number of aryl methyl sites for hydroxylation is 2. The van der Waals surface area contributed by atoms with Crippen molar-refractivity contribution in [2.75, 3.05) is 12.9 Å². The van der Waals surface area contributed by atoms with Crippen molar-refractivity contribution in [1.82, 2.24) is 5.32 Å². The predicted molar refractivity (Wildman–Crippen MR) is 161 cm³/mol. The Kier molecular flexibility index (Phi) is 13.8. The molecule has 7 nitrogen and oxygen atoms in total. The van der Waals surface area contributed by atoms with Gasteiger partial charge in [-0.3, -0.25) is 13.8 Å². The second-order valence-corrected chi connectivity index (χ2v) is 12.3. The van der Waals surface area contributed by atoms with E-state index in [0.717, 1.165) is 24.3 Å². The molecule has 0 unspecified atom stereocenters. The van der Waals surface area contributed by atoms with Crippen LogP contribution in [0.4, 0.5) is 30.7 Å². The molecular formula is C32H36F7NO6S. The number of esters is 1. The highest BCUT2D eigenvalue weighted by Crippen LogP contribution is 2.42. The van der Waals surface area contributed by atoms with Gasteiger partial charge in [0.25, 0.3) is 16.0 Å². The molecule has 0 aromatic heterocycles. The van der Waals surface area contributed by atoms with E-state index in [0.29, 0.717) is 31.6 Å². The summed E-state index contributed by atoms with van der Waals surface area (Å²) in [7, 11) is -4.24. The van der Waals surface area contributed by atoms with Crippen LogP contribution in [0.2, 0.25) is 0 Å². The molecule has 1 N–H and O–H groups in total. The number of amides is 1. The molecule has 2 rings (SSSR count). The van der Waals surface area contributed by atoms with Gasteiger partial charge in [0.1, 0.15) is 5.82 Å². The molecule has 0 aliphatic heterocycles. The first kappa shape index (κ1) is 39.5. The van der Waals surface area contributed by atoms with Crippen molar-refractivity contribution >= 4 is 22.0 Å². The molecule has 47 heavy (non-hydrogen) atoms. The monoisotopic (exact) mass is 695 g/mol. The van der Waals surface area contributed by atoms with Crippen molar-refractivity contribution in [3.8, 4) is 11.1 Å². The zero-order valence-electron chi connectivity index (χ0n) is 26.0. The van der Waals surface area contributed by atoms with Crippen LogP contribution in [0.1, 0.15) is 72.9 Å². The summed E-state index contributed by atoms with van der Waals surface area (Å²) in [5, 5.41) is 2.19. The number of rotatable bonds is 16. The maximum absolute atomic E-state index is 15.8. The van der Waals surface area contributed by atoms with Gasteiger partial charge in [-0.1, -0.05) is 12.2 Å². The maximum Gasteiger partial charge on any atom is 0.419 e. The van der Waals surface area contributed by atoms with E-state index >= 15 is 4.39 Å². The minimum atomic E-state index is -5.32. The van der Waals surface area contributed by atoms with Crippen LogP contribution >= 0.6 is 0 Å². The normalized spacial score (nSPS) is 13.5. The third kappa shape index (κ3) is 11.5. The molecule has 0 bridgehead atoms. The second-order valence-electron chi connectivity index (χ2n) is 10.7. The van der Waals surface area contributed by atoms with Gasteiger partial charge in [0.2, 0.25) is 0 Å². The van der Waals surface area contributed by atoms with Crippen LogP contribution in [-0.4, -0.2) is 39.3 Å². The number of benzene rings is 2. The lowest BCUT2D eigenvalue weighted by atomic mass is 9.87. The van der Waals surface area contributed by atoms with Crippen molar-refractivity contribution < 1.29 is 57.7 Å². The first-order valence-electron chi connectivity index (χ1n) is 14.4. The zero-order chi connectivity index (χ0) is 35.7. The standard InChI is InChI=1S/C32H36F7NO6S/c1-6-9-10-11-13-20-15-22(31(34,35)36)14-19(4)28(20)21-16-23(29(33)24(17-21)32(37,38)39)25(18-27(41)45-8-3)40-30(42)26(12-7-2)46-47(5,43)44/h6-7,14-17,25-26H,1-2,8-13,18H2,3-5H3,(H,40,42)/t25-,26+/m0/s1. The first-order valence-corrected chi connectivity index (χ1v) is 16.2. The number of carbonyl (C=O) groups is 2. The second kappa shape index (κ2) is 16.4. The number of hydrogen-bond donors (Lipinski definition) is 1. The van der Waals surface area contributed by atoms with Crippen molar-refractivity contribution in [3.05, 3.63) is 83.2 Å².